The number of amides is 1. The predicted molar refractivity (Wildman–Crippen MR) is 84.7 cm³/mol. The number of rotatable bonds is 5. The van der Waals surface area contributed by atoms with Crippen molar-refractivity contribution in [2.45, 2.75) is 42.7 Å². The van der Waals surface area contributed by atoms with E-state index in [9.17, 15) is 52.7 Å². The summed E-state index contributed by atoms with van der Waals surface area (Å²) in [7, 11) is -7.13. The average Bonchev–Trinajstić information content (AvgIpc) is 3.04. The number of benzene rings is 1. The second kappa shape index (κ2) is 7.56. The van der Waals surface area contributed by atoms with Gasteiger partial charge in [-0.25, -0.2) is 5.01 Å². The standard InChI is InChI=1S/C15H11F9N2O4S/c1-8(27)26-10(9-5-3-2-4-6-9)7-11(25-26)30-31(28,29)15(23,24)13(18,19)12(16,17)14(20,21)22/h2-6,10H,7H2,1H3. The first kappa shape index (κ1) is 24.7. The Bertz CT molecular complexity index is 978. The third-order valence-corrected chi connectivity index (χ3v) is 5.32. The molecular formula is C15H11F9N2O4S. The van der Waals surface area contributed by atoms with Crippen molar-refractivity contribution in [1.29, 1.82) is 0 Å². The minimum atomic E-state index is -7.44. The van der Waals surface area contributed by atoms with Crippen molar-refractivity contribution in [2.24, 2.45) is 5.10 Å². The molecule has 0 saturated carbocycles. The second-order valence-electron chi connectivity index (χ2n) is 6.19. The summed E-state index contributed by atoms with van der Waals surface area (Å²) in [5.41, 5.74) is 0.276. The highest BCUT2D eigenvalue weighted by atomic mass is 32.2. The Morgan fingerprint density at radius 3 is 1.97 bits per heavy atom. The molecule has 0 spiro atoms. The molecule has 31 heavy (non-hydrogen) atoms. The van der Waals surface area contributed by atoms with Crippen LogP contribution < -0.4 is 0 Å². The van der Waals surface area contributed by atoms with Crippen LogP contribution in [0.3, 0.4) is 0 Å². The molecule has 1 atom stereocenters. The van der Waals surface area contributed by atoms with Gasteiger partial charge < -0.3 is 4.18 Å². The molecule has 0 aliphatic carbocycles. The van der Waals surface area contributed by atoms with E-state index >= 15 is 0 Å². The quantitative estimate of drug-likeness (QED) is 0.465. The molecular weight excluding hydrogens is 475 g/mol. The molecule has 1 aliphatic heterocycles. The first-order valence-corrected chi connectivity index (χ1v) is 9.34. The second-order valence-corrected chi connectivity index (χ2v) is 7.78. The summed E-state index contributed by atoms with van der Waals surface area (Å²) < 4.78 is 144. The van der Waals surface area contributed by atoms with Gasteiger partial charge in [-0.05, 0) is 5.56 Å². The van der Waals surface area contributed by atoms with Gasteiger partial charge in [-0.15, -0.1) is 5.10 Å². The van der Waals surface area contributed by atoms with E-state index in [1.807, 2.05) is 0 Å². The molecule has 1 aromatic rings. The minimum absolute atomic E-state index is 0.276. The minimum Gasteiger partial charge on any atom is -0.360 e. The van der Waals surface area contributed by atoms with Crippen LogP contribution in [0.25, 0.3) is 0 Å². The average molecular weight is 486 g/mol. The van der Waals surface area contributed by atoms with Crippen LogP contribution in [0.15, 0.2) is 35.4 Å². The molecule has 1 amide bonds. The summed E-state index contributed by atoms with van der Waals surface area (Å²) in [4.78, 5) is 11.7. The van der Waals surface area contributed by atoms with Crippen LogP contribution in [0.5, 0.6) is 0 Å². The normalized spacial score (nSPS) is 18.7. The maximum absolute atomic E-state index is 13.8. The van der Waals surface area contributed by atoms with Crippen LogP contribution in [0.2, 0.25) is 0 Å². The summed E-state index contributed by atoms with van der Waals surface area (Å²) in [5, 5.41) is -3.23. The molecule has 0 radical (unpaired) electrons. The Kier molecular flexibility index (Phi) is 6.04. The number of alkyl halides is 9. The maximum atomic E-state index is 13.8. The highest BCUT2D eigenvalue weighted by Crippen LogP contribution is 2.55. The molecule has 0 N–H and O–H groups in total. The molecule has 0 aromatic heterocycles. The van der Waals surface area contributed by atoms with E-state index in [0.717, 1.165) is 6.92 Å². The fraction of sp³-hybridized carbons (Fsp3) is 0.467. The van der Waals surface area contributed by atoms with Crippen molar-refractivity contribution < 1.29 is 56.9 Å². The van der Waals surface area contributed by atoms with Crippen LogP contribution in [-0.2, 0) is 19.1 Å². The Morgan fingerprint density at radius 2 is 1.52 bits per heavy atom. The number of nitrogens with zero attached hydrogens (tertiary/aromatic N) is 2. The number of halogens is 9. The van der Waals surface area contributed by atoms with Gasteiger partial charge in [0.25, 0.3) is 0 Å². The lowest BCUT2D eigenvalue weighted by Gasteiger charge is -2.32. The fourth-order valence-corrected chi connectivity index (χ4v) is 3.36. The highest BCUT2D eigenvalue weighted by Gasteiger charge is 2.86. The van der Waals surface area contributed by atoms with E-state index in [4.69, 9.17) is 0 Å². The van der Waals surface area contributed by atoms with Gasteiger partial charge in [-0.1, -0.05) is 30.3 Å². The number of hydrazone groups is 1. The number of hydrogen-bond acceptors (Lipinski definition) is 5. The topological polar surface area (TPSA) is 76.0 Å². The number of carbonyl (C=O) groups excluding carboxylic acids is 1. The molecule has 174 valence electrons. The summed E-state index contributed by atoms with van der Waals surface area (Å²) in [6.45, 7) is 0.920. The zero-order chi connectivity index (χ0) is 24.0. The largest absolute Gasteiger partial charge is 0.460 e. The van der Waals surface area contributed by atoms with Crippen molar-refractivity contribution in [3.05, 3.63) is 35.9 Å². The first-order valence-electron chi connectivity index (χ1n) is 7.93. The Balaban J connectivity index is 2.38. The maximum Gasteiger partial charge on any atom is 0.460 e. The zero-order valence-corrected chi connectivity index (χ0v) is 15.8. The van der Waals surface area contributed by atoms with Gasteiger partial charge in [0.1, 0.15) is 0 Å². The predicted octanol–water partition coefficient (Wildman–Crippen LogP) is 4.07. The summed E-state index contributed by atoms with van der Waals surface area (Å²) in [5.74, 6) is -17.0. The molecule has 16 heteroatoms. The number of carbonyl (C=O) groups is 1. The smallest absolute Gasteiger partial charge is 0.360 e. The van der Waals surface area contributed by atoms with Gasteiger partial charge in [0, 0.05) is 6.92 Å². The van der Waals surface area contributed by atoms with Gasteiger partial charge in [0.2, 0.25) is 11.8 Å². The molecule has 1 aromatic carbocycles. The first-order chi connectivity index (χ1) is 13.9. The van der Waals surface area contributed by atoms with Gasteiger partial charge >= 0.3 is 33.4 Å². The summed E-state index contributed by atoms with van der Waals surface area (Å²) in [6, 6.07) is 6.15. The molecule has 1 heterocycles. The third-order valence-electron chi connectivity index (χ3n) is 4.03. The highest BCUT2D eigenvalue weighted by molar-refractivity contribution is 7.88. The van der Waals surface area contributed by atoms with Crippen LogP contribution in [0, 0.1) is 0 Å². The van der Waals surface area contributed by atoms with E-state index in [-0.39, 0.29) is 5.56 Å². The SMILES string of the molecule is CC(=O)N1N=C(OS(=O)(=O)C(F)(F)C(F)(F)C(F)(F)C(F)(F)F)CC1c1ccccc1. The van der Waals surface area contributed by atoms with Gasteiger partial charge in [0.15, 0.2) is 0 Å². The summed E-state index contributed by atoms with van der Waals surface area (Å²) in [6.07, 6.45) is -7.98. The van der Waals surface area contributed by atoms with Gasteiger partial charge in [-0.3, -0.25) is 4.79 Å². The molecule has 6 nitrogen and oxygen atoms in total. The van der Waals surface area contributed by atoms with Gasteiger partial charge in [0.05, 0.1) is 12.5 Å². The lowest BCUT2D eigenvalue weighted by Crippen LogP contribution is -2.63. The van der Waals surface area contributed by atoms with E-state index in [0.29, 0.717) is 5.01 Å². The Labute approximate surface area is 168 Å². The molecule has 2 rings (SSSR count). The monoisotopic (exact) mass is 486 g/mol. The van der Waals surface area contributed by atoms with Crippen LogP contribution in [0.1, 0.15) is 24.9 Å². The van der Waals surface area contributed by atoms with E-state index < -0.39 is 57.7 Å². The molecule has 1 unspecified atom stereocenters. The number of hydrogen-bond donors (Lipinski definition) is 0. The van der Waals surface area contributed by atoms with Crippen molar-refractivity contribution in [1.82, 2.24) is 5.01 Å². The van der Waals surface area contributed by atoms with Crippen LogP contribution >= 0.6 is 0 Å². The van der Waals surface area contributed by atoms with Crippen molar-refractivity contribution in [3.63, 3.8) is 0 Å². The van der Waals surface area contributed by atoms with Crippen molar-refractivity contribution in [3.8, 4) is 0 Å². The third kappa shape index (κ3) is 4.04. The van der Waals surface area contributed by atoms with Gasteiger partial charge in [-0.2, -0.15) is 47.9 Å². The lowest BCUT2D eigenvalue weighted by atomic mass is 10.0. The summed E-state index contributed by atoms with van der Waals surface area (Å²) >= 11 is 0. The van der Waals surface area contributed by atoms with Crippen LogP contribution in [0.4, 0.5) is 39.5 Å². The molecule has 1 aliphatic rings. The van der Waals surface area contributed by atoms with Crippen molar-refractivity contribution >= 4 is 21.9 Å². The lowest BCUT2D eigenvalue weighted by molar-refractivity contribution is -0.382. The molecule has 0 bridgehead atoms. The van der Waals surface area contributed by atoms with Crippen molar-refractivity contribution in [2.75, 3.05) is 0 Å². The zero-order valence-electron chi connectivity index (χ0n) is 15.0. The Morgan fingerprint density at radius 1 is 1.00 bits per heavy atom. The Hall–Kier alpha value is -2.52. The molecule has 0 fully saturated rings. The fourth-order valence-electron chi connectivity index (χ4n) is 2.45. The van der Waals surface area contributed by atoms with E-state index in [2.05, 4.69) is 9.28 Å². The van der Waals surface area contributed by atoms with E-state index in [1.54, 1.807) is 6.07 Å². The van der Waals surface area contributed by atoms with Crippen LogP contribution in [-0.4, -0.2) is 48.5 Å². The molecule has 0 saturated heterocycles. The van der Waals surface area contributed by atoms with E-state index in [1.165, 1.54) is 24.3 Å².